The zero-order valence-corrected chi connectivity index (χ0v) is 11.0. The standard InChI is InChI=1S/C14H21N3O2/c15-9-7-12(17(8-9)10-5-6-10)14(19)16-11-3-1-2-4-13(11)18/h7-8,10-11,13,18H,1-6,15H2,(H,16,19). The number of nitrogens with zero attached hydrogens (tertiary/aromatic N) is 1. The Balaban J connectivity index is 1.72. The van der Waals surface area contributed by atoms with Gasteiger partial charge in [0.05, 0.1) is 17.8 Å². The third kappa shape index (κ3) is 2.61. The highest BCUT2D eigenvalue weighted by Crippen LogP contribution is 2.37. The number of nitrogens with one attached hydrogen (secondary N) is 1. The average Bonchev–Trinajstić information content (AvgIpc) is 3.15. The van der Waals surface area contributed by atoms with Crippen molar-refractivity contribution < 1.29 is 9.90 Å². The molecule has 0 spiro atoms. The molecule has 0 saturated heterocycles. The van der Waals surface area contributed by atoms with Crippen LogP contribution < -0.4 is 11.1 Å². The molecule has 5 heteroatoms. The summed E-state index contributed by atoms with van der Waals surface area (Å²) in [6, 6.07) is 2.03. The van der Waals surface area contributed by atoms with E-state index >= 15 is 0 Å². The summed E-state index contributed by atoms with van der Waals surface area (Å²) >= 11 is 0. The van der Waals surface area contributed by atoms with E-state index in [2.05, 4.69) is 5.32 Å². The average molecular weight is 263 g/mol. The van der Waals surface area contributed by atoms with Crippen LogP contribution in [0.1, 0.15) is 55.1 Å². The fraction of sp³-hybridized carbons (Fsp3) is 0.643. The van der Waals surface area contributed by atoms with E-state index in [1.54, 1.807) is 6.07 Å². The maximum Gasteiger partial charge on any atom is 0.268 e. The van der Waals surface area contributed by atoms with Crippen molar-refractivity contribution in [2.75, 3.05) is 5.73 Å². The second-order valence-electron chi connectivity index (χ2n) is 5.73. The van der Waals surface area contributed by atoms with E-state index in [1.165, 1.54) is 0 Å². The van der Waals surface area contributed by atoms with Crippen LogP contribution in [0.4, 0.5) is 5.69 Å². The van der Waals surface area contributed by atoms with Gasteiger partial charge in [-0.2, -0.15) is 0 Å². The molecule has 3 rings (SSSR count). The highest BCUT2D eigenvalue weighted by molar-refractivity contribution is 5.94. The lowest BCUT2D eigenvalue weighted by Crippen LogP contribution is -2.45. The van der Waals surface area contributed by atoms with Crippen LogP contribution in [0.25, 0.3) is 0 Å². The van der Waals surface area contributed by atoms with Crippen molar-refractivity contribution in [1.82, 2.24) is 9.88 Å². The number of aliphatic hydroxyl groups is 1. The molecule has 0 radical (unpaired) electrons. The maximum absolute atomic E-state index is 12.3. The zero-order valence-electron chi connectivity index (χ0n) is 11.0. The number of carbonyl (C=O) groups is 1. The van der Waals surface area contributed by atoms with Gasteiger partial charge in [0, 0.05) is 12.2 Å². The van der Waals surface area contributed by atoms with Crippen molar-refractivity contribution in [1.29, 1.82) is 0 Å². The third-order valence-electron chi connectivity index (χ3n) is 4.09. The molecule has 2 fully saturated rings. The number of carbonyl (C=O) groups excluding carboxylic acids is 1. The summed E-state index contributed by atoms with van der Waals surface area (Å²) < 4.78 is 1.97. The Labute approximate surface area is 112 Å². The van der Waals surface area contributed by atoms with Crippen LogP contribution in [0.15, 0.2) is 12.3 Å². The first kappa shape index (κ1) is 12.5. The summed E-state index contributed by atoms with van der Waals surface area (Å²) in [6.07, 6.45) is 7.38. The Bertz CT molecular complexity index is 479. The van der Waals surface area contributed by atoms with Crippen LogP contribution in [0.3, 0.4) is 0 Å². The molecule has 4 N–H and O–H groups in total. The Morgan fingerprint density at radius 2 is 2.05 bits per heavy atom. The van der Waals surface area contributed by atoms with Crippen molar-refractivity contribution in [3.8, 4) is 0 Å². The summed E-state index contributed by atoms with van der Waals surface area (Å²) in [4.78, 5) is 12.3. The highest BCUT2D eigenvalue weighted by Gasteiger charge is 2.30. The number of anilines is 1. The van der Waals surface area contributed by atoms with Crippen molar-refractivity contribution in [3.63, 3.8) is 0 Å². The number of aromatic nitrogens is 1. The Morgan fingerprint density at radius 1 is 1.32 bits per heavy atom. The van der Waals surface area contributed by atoms with Gasteiger partial charge < -0.3 is 20.7 Å². The number of nitrogen functional groups attached to an aromatic ring is 1. The lowest BCUT2D eigenvalue weighted by Gasteiger charge is -2.28. The minimum absolute atomic E-state index is 0.116. The molecule has 0 bridgehead atoms. The van der Waals surface area contributed by atoms with Gasteiger partial charge in [0.1, 0.15) is 5.69 Å². The van der Waals surface area contributed by atoms with Crippen LogP contribution in [0.5, 0.6) is 0 Å². The molecule has 5 nitrogen and oxygen atoms in total. The third-order valence-corrected chi connectivity index (χ3v) is 4.09. The van der Waals surface area contributed by atoms with Crippen molar-refractivity contribution in [2.24, 2.45) is 0 Å². The summed E-state index contributed by atoms with van der Waals surface area (Å²) in [6.45, 7) is 0. The summed E-state index contributed by atoms with van der Waals surface area (Å²) in [5.74, 6) is -0.116. The first-order valence-electron chi connectivity index (χ1n) is 7.11. The number of hydrogen-bond donors (Lipinski definition) is 3. The molecule has 2 unspecified atom stereocenters. The highest BCUT2D eigenvalue weighted by atomic mass is 16.3. The molecule has 2 aliphatic rings. The Kier molecular flexibility index (Phi) is 3.22. The van der Waals surface area contributed by atoms with Crippen LogP contribution >= 0.6 is 0 Å². The number of rotatable bonds is 3. The number of nitrogens with two attached hydrogens (primary N) is 1. The molecule has 1 amide bonds. The number of aliphatic hydroxyl groups excluding tert-OH is 1. The summed E-state index contributed by atoms with van der Waals surface area (Å²) in [7, 11) is 0. The van der Waals surface area contributed by atoms with Gasteiger partial charge in [-0.25, -0.2) is 0 Å². The fourth-order valence-electron chi connectivity index (χ4n) is 2.86. The van der Waals surface area contributed by atoms with E-state index in [0.717, 1.165) is 38.5 Å². The zero-order chi connectivity index (χ0) is 13.4. The molecule has 2 aliphatic carbocycles. The maximum atomic E-state index is 12.3. The topological polar surface area (TPSA) is 80.3 Å². The van der Waals surface area contributed by atoms with Gasteiger partial charge in [-0.15, -0.1) is 0 Å². The minimum Gasteiger partial charge on any atom is -0.397 e. The quantitative estimate of drug-likeness (QED) is 0.772. The van der Waals surface area contributed by atoms with Crippen molar-refractivity contribution in [3.05, 3.63) is 18.0 Å². The molecule has 1 aromatic heterocycles. The van der Waals surface area contributed by atoms with Crippen LogP contribution in [0.2, 0.25) is 0 Å². The second-order valence-corrected chi connectivity index (χ2v) is 5.73. The van der Waals surface area contributed by atoms with E-state index < -0.39 is 6.10 Å². The van der Waals surface area contributed by atoms with Crippen LogP contribution in [-0.4, -0.2) is 27.7 Å². The summed E-state index contributed by atoms with van der Waals surface area (Å²) in [5.41, 5.74) is 7.04. The first-order chi connectivity index (χ1) is 9.15. The normalized spacial score (nSPS) is 27.2. The lowest BCUT2D eigenvalue weighted by molar-refractivity contribution is 0.0710. The largest absolute Gasteiger partial charge is 0.397 e. The Morgan fingerprint density at radius 3 is 2.74 bits per heavy atom. The number of amides is 1. The van der Waals surface area contributed by atoms with Gasteiger partial charge in [0.25, 0.3) is 5.91 Å². The van der Waals surface area contributed by atoms with Gasteiger partial charge in [-0.3, -0.25) is 4.79 Å². The number of hydrogen-bond acceptors (Lipinski definition) is 3. The minimum atomic E-state index is -0.417. The van der Waals surface area contributed by atoms with Gasteiger partial charge in [0.2, 0.25) is 0 Å². The van der Waals surface area contributed by atoms with E-state index in [4.69, 9.17) is 5.73 Å². The predicted octanol–water partition coefficient (Wildman–Crippen LogP) is 1.44. The van der Waals surface area contributed by atoms with Crippen molar-refractivity contribution >= 4 is 11.6 Å². The van der Waals surface area contributed by atoms with E-state index in [0.29, 0.717) is 17.4 Å². The molecule has 104 valence electrons. The smallest absolute Gasteiger partial charge is 0.268 e. The molecular formula is C14H21N3O2. The molecule has 2 atom stereocenters. The summed E-state index contributed by atoms with van der Waals surface area (Å²) in [5, 5.41) is 12.9. The van der Waals surface area contributed by atoms with Gasteiger partial charge in [0.15, 0.2) is 0 Å². The van der Waals surface area contributed by atoms with Crippen LogP contribution in [0, 0.1) is 0 Å². The second kappa shape index (κ2) is 4.89. The van der Waals surface area contributed by atoms with E-state index in [1.807, 2.05) is 10.8 Å². The van der Waals surface area contributed by atoms with Gasteiger partial charge in [-0.1, -0.05) is 12.8 Å². The van der Waals surface area contributed by atoms with E-state index in [-0.39, 0.29) is 11.9 Å². The molecule has 1 aromatic rings. The predicted molar refractivity (Wildman–Crippen MR) is 72.8 cm³/mol. The first-order valence-corrected chi connectivity index (χ1v) is 7.11. The Hall–Kier alpha value is -1.49. The lowest BCUT2D eigenvalue weighted by atomic mass is 9.92. The molecular weight excluding hydrogens is 242 g/mol. The van der Waals surface area contributed by atoms with Gasteiger partial charge in [-0.05, 0) is 31.7 Å². The molecule has 2 saturated carbocycles. The van der Waals surface area contributed by atoms with E-state index in [9.17, 15) is 9.90 Å². The van der Waals surface area contributed by atoms with Gasteiger partial charge >= 0.3 is 0 Å². The SMILES string of the molecule is Nc1cc(C(=O)NC2CCCCC2O)n(C2CC2)c1. The fourth-order valence-corrected chi connectivity index (χ4v) is 2.86. The molecule has 0 aliphatic heterocycles. The molecule has 19 heavy (non-hydrogen) atoms. The van der Waals surface area contributed by atoms with Crippen LogP contribution in [-0.2, 0) is 0 Å². The molecule has 1 heterocycles. The monoisotopic (exact) mass is 263 g/mol. The molecule has 0 aromatic carbocycles. The van der Waals surface area contributed by atoms with Crippen molar-refractivity contribution in [2.45, 2.75) is 56.7 Å².